The molecule has 0 heterocycles. The molecule has 0 fully saturated rings. The van der Waals surface area contributed by atoms with E-state index in [0.29, 0.717) is 5.69 Å². The van der Waals surface area contributed by atoms with Crippen molar-refractivity contribution in [2.45, 2.75) is 11.8 Å². The Bertz CT molecular complexity index is 760. The molecule has 5 nitrogen and oxygen atoms in total. The zero-order valence-electron chi connectivity index (χ0n) is 10.7. The minimum atomic E-state index is -3.84. The number of aryl methyl sites for hydroxylation is 1. The van der Waals surface area contributed by atoms with Gasteiger partial charge in [0, 0.05) is 0 Å². The normalized spacial score (nSPS) is 11.3. The summed E-state index contributed by atoms with van der Waals surface area (Å²) in [4.78, 5) is -0.0951. The van der Waals surface area contributed by atoms with Crippen molar-refractivity contribution in [2.24, 2.45) is 5.14 Å². The Morgan fingerprint density at radius 2 is 1.80 bits per heavy atom. The zero-order chi connectivity index (χ0) is 14.9. The molecule has 0 aliphatic rings. The first-order valence-electron chi connectivity index (χ1n) is 5.73. The molecule has 0 unspecified atom stereocenters. The van der Waals surface area contributed by atoms with Crippen LogP contribution in [0.4, 0.5) is 21.5 Å². The van der Waals surface area contributed by atoms with Crippen LogP contribution in [0.15, 0.2) is 41.3 Å². The average Bonchev–Trinajstić information content (AvgIpc) is 2.35. The second-order valence-electron chi connectivity index (χ2n) is 4.40. The van der Waals surface area contributed by atoms with Crippen LogP contribution in [0.5, 0.6) is 0 Å². The molecule has 0 radical (unpaired) electrons. The smallest absolute Gasteiger partial charge is 0.238 e. The van der Waals surface area contributed by atoms with Gasteiger partial charge in [-0.2, -0.15) is 0 Å². The molecule has 0 atom stereocenters. The van der Waals surface area contributed by atoms with E-state index in [1.54, 1.807) is 12.1 Å². The first kappa shape index (κ1) is 14.3. The van der Waals surface area contributed by atoms with Crippen LogP contribution in [0.25, 0.3) is 0 Å². The predicted molar refractivity (Wildman–Crippen MR) is 76.6 cm³/mol. The van der Waals surface area contributed by atoms with Gasteiger partial charge < -0.3 is 11.1 Å². The van der Waals surface area contributed by atoms with Gasteiger partial charge in [-0.15, -0.1) is 0 Å². The van der Waals surface area contributed by atoms with Gasteiger partial charge in [0.25, 0.3) is 0 Å². The van der Waals surface area contributed by atoms with Gasteiger partial charge in [0.05, 0.1) is 22.0 Å². The molecular formula is C13H14FN3O2S. The second kappa shape index (κ2) is 5.10. The maximum atomic E-state index is 13.7. The number of halogens is 1. The Kier molecular flexibility index (Phi) is 3.65. The number of hydrogen-bond donors (Lipinski definition) is 3. The SMILES string of the molecule is Cc1ccc(F)c(Nc2cc(S(N)(=O)=O)ccc2N)c1. The number of sulfonamides is 1. The molecule has 0 bridgehead atoms. The number of primary sulfonamides is 1. The highest BCUT2D eigenvalue weighted by atomic mass is 32.2. The largest absolute Gasteiger partial charge is 0.397 e. The van der Waals surface area contributed by atoms with E-state index >= 15 is 0 Å². The summed E-state index contributed by atoms with van der Waals surface area (Å²) in [6.07, 6.45) is 0. The van der Waals surface area contributed by atoms with Crippen molar-refractivity contribution in [3.8, 4) is 0 Å². The molecule has 2 aromatic rings. The standard InChI is InChI=1S/C13H14FN3O2S/c1-8-2-4-10(14)12(6-8)17-13-7-9(20(16,18)19)3-5-11(13)15/h2-7,17H,15H2,1H3,(H2,16,18,19). The summed E-state index contributed by atoms with van der Waals surface area (Å²) in [6.45, 7) is 1.81. The summed E-state index contributed by atoms with van der Waals surface area (Å²) in [5, 5.41) is 7.83. The highest BCUT2D eigenvalue weighted by Crippen LogP contribution is 2.27. The van der Waals surface area contributed by atoms with Gasteiger partial charge in [-0.25, -0.2) is 17.9 Å². The van der Waals surface area contributed by atoms with E-state index in [2.05, 4.69) is 5.32 Å². The van der Waals surface area contributed by atoms with Gasteiger partial charge in [-0.1, -0.05) is 6.07 Å². The topological polar surface area (TPSA) is 98.2 Å². The molecule has 0 aromatic heterocycles. The van der Waals surface area contributed by atoms with Gasteiger partial charge >= 0.3 is 0 Å². The summed E-state index contributed by atoms with van der Waals surface area (Å²) < 4.78 is 36.3. The van der Waals surface area contributed by atoms with Gasteiger partial charge in [0.1, 0.15) is 5.82 Å². The van der Waals surface area contributed by atoms with Crippen LogP contribution in [0, 0.1) is 12.7 Å². The fourth-order valence-electron chi connectivity index (χ4n) is 1.70. The number of nitrogen functional groups attached to an aromatic ring is 1. The van der Waals surface area contributed by atoms with Gasteiger partial charge in [-0.3, -0.25) is 0 Å². The molecular weight excluding hydrogens is 281 g/mol. The van der Waals surface area contributed by atoms with E-state index in [1.807, 2.05) is 6.92 Å². The van der Waals surface area contributed by atoms with Crippen LogP contribution in [0.1, 0.15) is 5.56 Å². The Hall–Kier alpha value is -2.12. The highest BCUT2D eigenvalue weighted by molar-refractivity contribution is 7.89. The minimum Gasteiger partial charge on any atom is -0.397 e. The molecule has 7 heteroatoms. The van der Waals surface area contributed by atoms with Crippen LogP contribution < -0.4 is 16.2 Å². The van der Waals surface area contributed by atoms with Gasteiger partial charge in [0.2, 0.25) is 10.0 Å². The van der Waals surface area contributed by atoms with Crippen LogP contribution >= 0.6 is 0 Å². The molecule has 0 aliphatic carbocycles. The minimum absolute atomic E-state index is 0.0951. The first-order valence-corrected chi connectivity index (χ1v) is 7.27. The Labute approximate surface area is 116 Å². The van der Waals surface area contributed by atoms with E-state index in [-0.39, 0.29) is 16.3 Å². The molecule has 106 valence electrons. The zero-order valence-corrected chi connectivity index (χ0v) is 11.5. The Morgan fingerprint density at radius 3 is 2.45 bits per heavy atom. The second-order valence-corrected chi connectivity index (χ2v) is 5.96. The predicted octanol–water partition coefficient (Wildman–Crippen LogP) is 2.11. The molecule has 0 amide bonds. The lowest BCUT2D eigenvalue weighted by molar-refractivity contribution is 0.598. The third kappa shape index (κ3) is 3.06. The summed E-state index contributed by atoms with van der Waals surface area (Å²) in [6, 6.07) is 8.51. The van der Waals surface area contributed by atoms with Crippen molar-refractivity contribution in [3.05, 3.63) is 47.8 Å². The van der Waals surface area contributed by atoms with Crippen LogP contribution in [-0.4, -0.2) is 8.42 Å². The third-order valence-corrected chi connectivity index (χ3v) is 3.66. The van der Waals surface area contributed by atoms with Crippen LogP contribution in [0.2, 0.25) is 0 Å². The number of benzene rings is 2. The lowest BCUT2D eigenvalue weighted by atomic mass is 10.2. The molecule has 20 heavy (non-hydrogen) atoms. The Morgan fingerprint density at radius 1 is 1.10 bits per heavy atom. The molecule has 0 saturated carbocycles. The molecule has 0 aliphatic heterocycles. The summed E-state index contributed by atoms with van der Waals surface area (Å²) >= 11 is 0. The molecule has 2 rings (SSSR count). The van der Waals surface area contributed by atoms with Crippen molar-refractivity contribution in [2.75, 3.05) is 11.1 Å². The van der Waals surface area contributed by atoms with Crippen molar-refractivity contribution < 1.29 is 12.8 Å². The fourth-order valence-corrected chi connectivity index (χ4v) is 2.24. The van der Waals surface area contributed by atoms with E-state index in [9.17, 15) is 12.8 Å². The number of nitrogens with two attached hydrogens (primary N) is 2. The van der Waals surface area contributed by atoms with Crippen molar-refractivity contribution in [3.63, 3.8) is 0 Å². The monoisotopic (exact) mass is 295 g/mol. The van der Waals surface area contributed by atoms with Crippen LogP contribution in [0.3, 0.4) is 0 Å². The van der Waals surface area contributed by atoms with Crippen LogP contribution in [-0.2, 0) is 10.0 Å². The van der Waals surface area contributed by atoms with E-state index in [1.165, 1.54) is 24.3 Å². The van der Waals surface area contributed by atoms with E-state index in [0.717, 1.165) is 5.56 Å². The molecule has 5 N–H and O–H groups in total. The fraction of sp³-hybridized carbons (Fsp3) is 0.0769. The molecule has 0 spiro atoms. The Balaban J connectivity index is 2.45. The summed E-state index contributed by atoms with van der Waals surface area (Å²) in [5.41, 5.74) is 7.38. The maximum absolute atomic E-state index is 13.7. The van der Waals surface area contributed by atoms with E-state index < -0.39 is 15.8 Å². The van der Waals surface area contributed by atoms with Crippen molar-refractivity contribution >= 4 is 27.1 Å². The van der Waals surface area contributed by atoms with Crippen molar-refractivity contribution in [1.82, 2.24) is 0 Å². The lowest BCUT2D eigenvalue weighted by Crippen LogP contribution is -2.12. The average molecular weight is 295 g/mol. The molecule has 0 saturated heterocycles. The highest BCUT2D eigenvalue weighted by Gasteiger charge is 2.11. The van der Waals surface area contributed by atoms with Gasteiger partial charge in [0.15, 0.2) is 0 Å². The van der Waals surface area contributed by atoms with Crippen molar-refractivity contribution in [1.29, 1.82) is 0 Å². The number of rotatable bonds is 3. The number of anilines is 3. The first-order chi connectivity index (χ1) is 9.27. The van der Waals surface area contributed by atoms with E-state index in [4.69, 9.17) is 10.9 Å². The maximum Gasteiger partial charge on any atom is 0.238 e. The number of nitrogens with one attached hydrogen (secondary N) is 1. The lowest BCUT2D eigenvalue weighted by Gasteiger charge is -2.12. The third-order valence-electron chi connectivity index (χ3n) is 2.74. The molecule has 2 aromatic carbocycles. The quantitative estimate of drug-likeness (QED) is 0.755. The number of hydrogen-bond acceptors (Lipinski definition) is 4. The van der Waals surface area contributed by atoms with Gasteiger partial charge in [-0.05, 0) is 42.8 Å². The summed E-state index contributed by atoms with van der Waals surface area (Å²) in [7, 11) is -3.84. The summed E-state index contributed by atoms with van der Waals surface area (Å²) in [5.74, 6) is -0.462.